The number of hydrogen-bond acceptors (Lipinski definition) is 5. The highest BCUT2D eigenvalue weighted by molar-refractivity contribution is 5.79. The molecule has 1 aromatic carbocycles. The molecule has 1 aliphatic carbocycles. The van der Waals surface area contributed by atoms with Crippen LogP contribution in [-0.4, -0.2) is 58.4 Å². The maximum Gasteiger partial charge on any atom is 0.262 e. The fourth-order valence-corrected chi connectivity index (χ4v) is 6.32. The monoisotopic (exact) mass is 529 g/mol. The van der Waals surface area contributed by atoms with Gasteiger partial charge in [0.05, 0.1) is 30.1 Å². The van der Waals surface area contributed by atoms with Crippen molar-refractivity contribution in [3.63, 3.8) is 0 Å². The van der Waals surface area contributed by atoms with Gasteiger partial charge in [-0.15, -0.1) is 0 Å². The Morgan fingerprint density at radius 1 is 1.00 bits per heavy atom. The number of rotatable bonds is 6. The second-order valence-corrected chi connectivity index (χ2v) is 11.1. The summed E-state index contributed by atoms with van der Waals surface area (Å²) in [6.07, 6.45) is 12.4. The first-order valence-corrected chi connectivity index (χ1v) is 13.9. The Bertz CT molecular complexity index is 1500. The molecule has 2 fully saturated rings. The highest BCUT2D eigenvalue weighted by Gasteiger charge is 2.39. The molecule has 1 saturated heterocycles. The number of nitrogens with zero attached hydrogens (tertiary/aromatic N) is 5. The first-order chi connectivity index (χ1) is 19.0. The summed E-state index contributed by atoms with van der Waals surface area (Å²) in [7, 11) is 0. The lowest BCUT2D eigenvalue weighted by atomic mass is 9.82. The SMILES string of the molecule is O=C([C@@H]1CCCC[C@H]1n1cccc1)N1CCC(O)(Cn2cnc3c(ccn3-c3ccc(CO)cc3)c2=O)CC1. The molecule has 0 unspecified atom stereocenters. The van der Waals surface area contributed by atoms with Crippen LogP contribution < -0.4 is 5.56 Å². The van der Waals surface area contributed by atoms with Crippen LogP contribution in [0.1, 0.15) is 50.1 Å². The fourth-order valence-electron chi connectivity index (χ4n) is 6.32. The predicted octanol–water partition coefficient (Wildman–Crippen LogP) is 3.27. The summed E-state index contributed by atoms with van der Waals surface area (Å²) in [5.74, 6) is 0.152. The van der Waals surface area contributed by atoms with Gasteiger partial charge in [-0.3, -0.25) is 14.2 Å². The van der Waals surface area contributed by atoms with Crippen molar-refractivity contribution in [1.82, 2.24) is 23.6 Å². The van der Waals surface area contributed by atoms with E-state index in [1.807, 2.05) is 52.1 Å². The van der Waals surface area contributed by atoms with E-state index in [0.717, 1.165) is 36.9 Å². The Kier molecular flexibility index (Phi) is 6.86. The van der Waals surface area contributed by atoms with Gasteiger partial charge in [-0.2, -0.15) is 0 Å². The van der Waals surface area contributed by atoms with Crippen molar-refractivity contribution >= 4 is 16.9 Å². The summed E-state index contributed by atoms with van der Waals surface area (Å²) in [6, 6.07) is 13.4. The van der Waals surface area contributed by atoms with Crippen molar-refractivity contribution in [2.24, 2.45) is 5.92 Å². The van der Waals surface area contributed by atoms with Crippen LogP contribution >= 0.6 is 0 Å². The highest BCUT2D eigenvalue weighted by atomic mass is 16.3. The third-order valence-corrected chi connectivity index (χ3v) is 8.59. The first-order valence-electron chi connectivity index (χ1n) is 13.9. The molecule has 204 valence electrons. The highest BCUT2D eigenvalue weighted by Crippen LogP contribution is 2.36. The molecule has 3 aromatic heterocycles. The van der Waals surface area contributed by atoms with Gasteiger partial charge in [0.1, 0.15) is 6.33 Å². The molecule has 1 amide bonds. The summed E-state index contributed by atoms with van der Waals surface area (Å²) < 4.78 is 5.50. The second-order valence-electron chi connectivity index (χ2n) is 11.1. The standard InChI is InChI=1S/C30H35N5O4/c36-19-22-7-9-23(10-8-22)35-16-11-25-27(35)31-21-34(29(25)38)20-30(39)12-17-33(18-13-30)28(37)24-5-1-2-6-26(24)32-14-3-4-15-32/h3-4,7-11,14-16,21,24,26,36,39H,1-2,5-6,12-13,17-20H2/t24-,26-/m1/s1. The van der Waals surface area contributed by atoms with Crippen molar-refractivity contribution in [3.05, 3.63) is 83.3 Å². The minimum atomic E-state index is -1.08. The molecule has 9 heteroatoms. The van der Waals surface area contributed by atoms with Crippen LogP contribution in [-0.2, 0) is 17.9 Å². The number of aliphatic hydroxyl groups is 2. The van der Waals surface area contributed by atoms with Crippen molar-refractivity contribution in [1.29, 1.82) is 0 Å². The van der Waals surface area contributed by atoms with Gasteiger partial charge in [0.25, 0.3) is 5.56 Å². The summed E-state index contributed by atoms with van der Waals surface area (Å²) in [6.45, 7) is 1.08. The maximum atomic E-state index is 13.5. The van der Waals surface area contributed by atoms with Gasteiger partial charge in [-0.25, -0.2) is 4.98 Å². The van der Waals surface area contributed by atoms with Crippen LogP contribution in [0.4, 0.5) is 0 Å². The zero-order valence-electron chi connectivity index (χ0n) is 22.0. The van der Waals surface area contributed by atoms with Crippen LogP contribution in [0.2, 0.25) is 0 Å². The maximum absolute atomic E-state index is 13.5. The third kappa shape index (κ3) is 4.92. The van der Waals surface area contributed by atoms with E-state index in [2.05, 4.69) is 21.9 Å². The number of hydrogen-bond donors (Lipinski definition) is 2. The van der Waals surface area contributed by atoms with E-state index >= 15 is 0 Å². The molecule has 2 N–H and O–H groups in total. The normalized spacial score (nSPS) is 21.3. The van der Waals surface area contributed by atoms with Crippen molar-refractivity contribution in [3.8, 4) is 5.69 Å². The number of aromatic nitrogens is 4. The van der Waals surface area contributed by atoms with Gasteiger partial charge in [0.2, 0.25) is 5.91 Å². The van der Waals surface area contributed by atoms with Crippen LogP contribution in [0.5, 0.6) is 0 Å². The number of piperidine rings is 1. The first kappa shape index (κ1) is 25.6. The van der Waals surface area contributed by atoms with E-state index < -0.39 is 5.60 Å². The second kappa shape index (κ2) is 10.5. The Morgan fingerprint density at radius 3 is 2.44 bits per heavy atom. The Hall–Kier alpha value is -3.69. The smallest absolute Gasteiger partial charge is 0.262 e. The average molecular weight is 530 g/mol. The molecule has 4 aromatic rings. The van der Waals surface area contributed by atoms with E-state index in [-0.39, 0.29) is 36.6 Å². The largest absolute Gasteiger partial charge is 0.392 e. The average Bonchev–Trinajstić information content (AvgIpc) is 3.66. The van der Waals surface area contributed by atoms with Crippen LogP contribution in [0, 0.1) is 5.92 Å². The molecule has 0 spiro atoms. The van der Waals surface area contributed by atoms with E-state index in [9.17, 15) is 19.8 Å². The van der Waals surface area contributed by atoms with Gasteiger partial charge in [-0.1, -0.05) is 25.0 Å². The molecule has 2 atom stereocenters. The van der Waals surface area contributed by atoms with Crippen molar-refractivity contribution in [2.45, 2.75) is 63.3 Å². The Balaban J connectivity index is 1.14. The molecule has 1 saturated carbocycles. The number of benzene rings is 1. The van der Waals surface area contributed by atoms with E-state index in [1.165, 1.54) is 10.9 Å². The van der Waals surface area contributed by atoms with E-state index in [0.29, 0.717) is 37.0 Å². The molecule has 6 rings (SSSR count). The van der Waals surface area contributed by atoms with Crippen LogP contribution in [0.3, 0.4) is 0 Å². The molecule has 2 aliphatic rings. The molecule has 39 heavy (non-hydrogen) atoms. The Morgan fingerprint density at radius 2 is 1.72 bits per heavy atom. The minimum Gasteiger partial charge on any atom is -0.392 e. The Labute approximate surface area is 226 Å². The number of amides is 1. The minimum absolute atomic E-state index is 0.0284. The molecular weight excluding hydrogens is 494 g/mol. The summed E-state index contributed by atoms with van der Waals surface area (Å²) >= 11 is 0. The molecule has 0 radical (unpaired) electrons. The van der Waals surface area contributed by atoms with Crippen LogP contribution in [0.15, 0.2) is 72.2 Å². The summed E-state index contributed by atoms with van der Waals surface area (Å²) in [5.41, 5.74) is 0.926. The molecule has 9 nitrogen and oxygen atoms in total. The lowest BCUT2D eigenvalue weighted by molar-refractivity contribution is -0.142. The van der Waals surface area contributed by atoms with Gasteiger partial charge in [-0.05, 0) is 61.6 Å². The number of carbonyl (C=O) groups is 1. The number of aliphatic hydroxyl groups excluding tert-OH is 1. The molecular formula is C30H35N5O4. The quantitative estimate of drug-likeness (QED) is 0.399. The topological polar surface area (TPSA) is 106 Å². The van der Waals surface area contributed by atoms with Gasteiger partial charge >= 0.3 is 0 Å². The van der Waals surface area contributed by atoms with Crippen molar-refractivity contribution < 1.29 is 15.0 Å². The fraction of sp³-hybridized carbons (Fsp3) is 0.433. The lowest BCUT2D eigenvalue weighted by Gasteiger charge is -2.41. The van der Waals surface area contributed by atoms with Gasteiger partial charge < -0.3 is 24.2 Å². The van der Waals surface area contributed by atoms with Crippen LogP contribution in [0.25, 0.3) is 16.7 Å². The molecule has 0 bridgehead atoms. The predicted molar refractivity (Wildman–Crippen MR) is 147 cm³/mol. The number of likely N-dealkylation sites (tertiary alicyclic amines) is 1. The van der Waals surface area contributed by atoms with Gasteiger partial charge in [0, 0.05) is 43.4 Å². The van der Waals surface area contributed by atoms with Crippen molar-refractivity contribution in [2.75, 3.05) is 13.1 Å². The van der Waals surface area contributed by atoms with Gasteiger partial charge in [0.15, 0.2) is 5.65 Å². The number of carbonyl (C=O) groups excluding carboxylic acids is 1. The molecule has 1 aliphatic heterocycles. The summed E-state index contributed by atoms with van der Waals surface area (Å²) in [4.78, 5) is 33.3. The van der Waals surface area contributed by atoms with E-state index in [4.69, 9.17) is 0 Å². The van der Waals surface area contributed by atoms with E-state index in [1.54, 1.807) is 6.07 Å². The third-order valence-electron chi connectivity index (χ3n) is 8.59. The molecule has 4 heterocycles. The lowest BCUT2D eigenvalue weighted by Crippen LogP contribution is -2.51. The zero-order valence-corrected chi connectivity index (χ0v) is 22.0. The summed E-state index contributed by atoms with van der Waals surface area (Å²) in [5, 5.41) is 21.2. The zero-order chi connectivity index (χ0) is 27.0. The number of fused-ring (bicyclic) bond motifs is 1.